The summed E-state index contributed by atoms with van der Waals surface area (Å²) >= 11 is 7.44. The van der Waals surface area contributed by atoms with Gasteiger partial charge in [0.1, 0.15) is 5.25 Å². The van der Waals surface area contributed by atoms with Gasteiger partial charge < -0.3 is 10.1 Å². The van der Waals surface area contributed by atoms with Gasteiger partial charge >= 0.3 is 5.97 Å². The molecule has 1 amide bonds. The molecule has 0 spiro atoms. The number of aryl methyl sites for hydroxylation is 1. The fourth-order valence-corrected chi connectivity index (χ4v) is 3.37. The minimum Gasteiger partial charge on any atom is -0.468 e. The van der Waals surface area contributed by atoms with E-state index in [1.807, 2.05) is 19.1 Å². The zero-order chi connectivity index (χ0) is 17.7. The Bertz CT molecular complexity index is 764. The highest BCUT2D eigenvalue weighted by atomic mass is 35.5. The number of nitrogens with one attached hydrogen (secondary N) is 1. The number of thioether (sulfide) groups is 1. The average molecular weight is 364 g/mol. The molecule has 126 valence electrons. The molecule has 2 aromatic rings. The van der Waals surface area contributed by atoms with Crippen LogP contribution in [0.5, 0.6) is 0 Å². The van der Waals surface area contributed by atoms with Crippen LogP contribution >= 0.6 is 23.4 Å². The summed E-state index contributed by atoms with van der Waals surface area (Å²) < 4.78 is 4.73. The molecule has 0 radical (unpaired) electrons. The van der Waals surface area contributed by atoms with Gasteiger partial charge in [0.15, 0.2) is 0 Å². The molecule has 4 nitrogen and oxygen atoms in total. The lowest BCUT2D eigenvalue weighted by Crippen LogP contribution is -2.17. The van der Waals surface area contributed by atoms with E-state index in [0.29, 0.717) is 21.2 Å². The molecular formula is C18H18ClNO3S. The van der Waals surface area contributed by atoms with Crippen molar-refractivity contribution in [3.63, 3.8) is 0 Å². The second-order valence-electron chi connectivity index (χ2n) is 5.22. The molecule has 0 aliphatic rings. The Balaban J connectivity index is 2.22. The van der Waals surface area contributed by atoms with Crippen LogP contribution in [0.3, 0.4) is 0 Å². The average Bonchev–Trinajstić information content (AvgIpc) is 2.57. The van der Waals surface area contributed by atoms with Crippen LogP contribution in [-0.4, -0.2) is 24.2 Å². The molecule has 0 saturated carbocycles. The number of hydrogen-bond donors (Lipinski definition) is 1. The largest absolute Gasteiger partial charge is 0.468 e. The molecule has 2 aromatic carbocycles. The SMILES string of the molecule is COC(=O)C(C)Sc1ccccc1C(=O)Nc1ccc(C)cc1Cl. The smallest absolute Gasteiger partial charge is 0.318 e. The van der Waals surface area contributed by atoms with Gasteiger partial charge in [-0.1, -0.05) is 29.8 Å². The minimum atomic E-state index is -0.410. The van der Waals surface area contributed by atoms with Crippen molar-refractivity contribution in [3.8, 4) is 0 Å². The zero-order valence-electron chi connectivity index (χ0n) is 13.6. The number of ether oxygens (including phenoxy) is 1. The fourth-order valence-electron chi connectivity index (χ4n) is 2.07. The maximum absolute atomic E-state index is 12.6. The standard InChI is InChI=1S/C18H18ClNO3S/c1-11-8-9-15(14(19)10-11)20-17(21)13-6-4-5-7-16(13)24-12(2)18(22)23-3/h4-10,12H,1-3H3,(H,20,21). The van der Waals surface area contributed by atoms with Gasteiger partial charge in [-0.25, -0.2) is 0 Å². The Labute approximate surface area is 150 Å². The van der Waals surface area contributed by atoms with Crippen LogP contribution < -0.4 is 5.32 Å². The summed E-state index contributed by atoms with van der Waals surface area (Å²) in [5.74, 6) is -0.613. The maximum atomic E-state index is 12.6. The number of hydrogen-bond acceptors (Lipinski definition) is 4. The summed E-state index contributed by atoms with van der Waals surface area (Å²) in [4.78, 5) is 24.9. The van der Waals surface area contributed by atoms with Crippen molar-refractivity contribution in [2.24, 2.45) is 0 Å². The van der Waals surface area contributed by atoms with E-state index >= 15 is 0 Å². The molecule has 1 unspecified atom stereocenters. The first-order chi connectivity index (χ1) is 11.4. The molecule has 0 aliphatic heterocycles. The lowest BCUT2D eigenvalue weighted by Gasteiger charge is -2.13. The van der Waals surface area contributed by atoms with Gasteiger partial charge in [-0.2, -0.15) is 0 Å². The van der Waals surface area contributed by atoms with Crippen molar-refractivity contribution in [2.75, 3.05) is 12.4 Å². The highest BCUT2D eigenvalue weighted by Gasteiger charge is 2.19. The molecule has 0 aromatic heterocycles. The molecular weight excluding hydrogens is 346 g/mol. The summed E-state index contributed by atoms with van der Waals surface area (Å²) in [5.41, 5.74) is 2.05. The number of rotatable bonds is 5. The first-order valence-electron chi connectivity index (χ1n) is 7.33. The van der Waals surface area contributed by atoms with Crippen LogP contribution in [-0.2, 0) is 9.53 Å². The van der Waals surface area contributed by atoms with E-state index in [1.54, 1.807) is 37.3 Å². The molecule has 2 rings (SSSR count). The second-order valence-corrected chi connectivity index (χ2v) is 7.01. The normalized spacial score (nSPS) is 11.7. The van der Waals surface area contributed by atoms with Crippen LogP contribution in [0.1, 0.15) is 22.8 Å². The minimum absolute atomic E-state index is 0.277. The van der Waals surface area contributed by atoms with Gasteiger partial charge in [0.2, 0.25) is 0 Å². The number of carbonyl (C=O) groups excluding carboxylic acids is 2. The highest BCUT2D eigenvalue weighted by Crippen LogP contribution is 2.29. The summed E-state index contributed by atoms with van der Waals surface area (Å²) in [6.45, 7) is 3.67. The summed E-state index contributed by atoms with van der Waals surface area (Å²) in [7, 11) is 1.34. The van der Waals surface area contributed by atoms with Crippen molar-refractivity contribution < 1.29 is 14.3 Å². The summed E-state index contributed by atoms with van der Waals surface area (Å²) in [5, 5.41) is 2.88. The maximum Gasteiger partial charge on any atom is 0.318 e. The van der Waals surface area contributed by atoms with Gasteiger partial charge in [0, 0.05) is 4.90 Å². The van der Waals surface area contributed by atoms with Crippen molar-refractivity contribution >= 4 is 40.9 Å². The van der Waals surface area contributed by atoms with Gasteiger partial charge in [-0.05, 0) is 43.7 Å². The van der Waals surface area contributed by atoms with Crippen LogP contribution in [0.25, 0.3) is 0 Å². The number of halogens is 1. The number of anilines is 1. The predicted octanol–water partition coefficient (Wildman–Crippen LogP) is 4.55. The Kier molecular flexibility index (Phi) is 6.29. The van der Waals surface area contributed by atoms with Crippen LogP contribution in [0.15, 0.2) is 47.4 Å². The van der Waals surface area contributed by atoms with Crippen LogP contribution in [0.2, 0.25) is 5.02 Å². The zero-order valence-corrected chi connectivity index (χ0v) is 15.2. The van der Waals surface area contributed by atoms with E-state index in [9.17, 15) is 9.59 Å². The molecule has 0 fully saturated rings. The molecule has 0 saturated heterocycles. The summed E-state index contributed by atoms with van der Waals surface area (Å²) in [6, 6.07) is 12.5. The molecule has 6 heteroatoms. The van der Waals surface area contributed by atoms with Gasteiger partial charge in [-0.3, -0.25) is 9.59 Å². The van der Waals surface area contributed by atoms with E-state index in [0.717, 1.165) is 5.56 Å². The third-order valence-electron chi connectivity index (χ3n) is 3.34. The Morgan fingerprint density at radius 1 is 1.21 bits per heavy atom. The number of amides is 1. The monoisotopic (exact) mass is 363 g/mol. The van der Waals surface area contributed by atoms with Crippen molar-refractivity contribution in [1.29, 1.82) is 0 Å². The summed E-state index contributed by atoms with van der Waals surface area (Å²) in [6.07, 6.45) is 0. The third-order valence-corrected chi connectivity index (χ3v) is 4.81. The van der Waals surface area contributed by atoms with Crippen LogP contribution in [0.4, 0.5) is 5.69 Å². The molecule has 0 bridgehead atoms. The van der Waals surface area contributed by atoms with Crippen molar-refractivity contribution in [3.05, 3.63) is 58.6 Å². The third kappa shape index (κ3) is 4.52. The molecule has 0 aliphatic carbocycles. The first-order valence-corrected chi connectivity index (χ1v) is 8.59. The topological polar surface area (TPSA) is 55.4 Å². The Morgan fingerprint density at radius 2 is 1.92 bits per heavy atom. The van der Waals surface area contributed by atoms with Gasteiger partial charge in [0.25, 0.3) is 5.91 Å². The van der Waals surface area contributed by atoms with Crippen molar-refractivity contribution in [1.82, 2.24) is 0 Å². The van der Waals surface area contributed by atoms with Crippen molar-refractivity contribution in [2.45, 2.75) is 24.0 Å². The van der Waals surface area contributed by atoms with E-state index in [4.69, 9.17) is 16.3 Å². The van der Waals surface area contributed by atoms with E-state index in [1.165, 1.54) is 18.9 Å². The van der Waals surface area contributed by atoms with Gasteiger partial charge in [0.05, 0.1) is 23.4 Å². The number of methoxy groups -OCH3 is 1. The molecule has 0 heterocycles. The highest BCUT2D eigenvalue weighted by molar-refractivity contribution is 8.00. The molecule has 1 atom stereocenters. The van der Waals surface area contributed by atoms with Crippen LogP contribution in [0, 0.1) is 6.92 Å². The number of esters is 1. The molecule has 1 N–H and O–H groups in total. The lowest BCUT2D eigenvalue weighted by molar-refractivity contribution is -0.139. The second kappa shape index (κ2) is 8.22. The van der Waals surface area contributed by atoms with E-state index in [2.05, 4.69) is 5.32 Å². The predicted molar refractivity (Wildman–Crippen MR) is 97.9 cm³/mol. The number of carbonyl (C=O) groups is 2. The lowest BCUT2D eigenvalue weighted by atomic mass is 10.2. The Morgan fingerprint density at radius 3 is 2.58 bits per heavy atom. The van der Waals surface area contributed by atoms with E-state index < -0.39 is 5.25 Å². The van der Waals surface area contributed by atoms with Gasteiger partial charge in [-0.15, -0.1) is 11.8 Å². The Hall–Kier alpha value is -1.98. The fraction of sp³-hybridized carbons (Fsp3) is 0.222. The number of benzene rings is 2. The molecule has 24 heavy (non-hydrogen) atoms. The first kappa shape index (κ1) is 18.4. The quantitative estimate of drug-likeness (QED) is 0.625. The van der Waals surface area contributed by atoms with E-state index in [-0.39, 0.29) is 11.9 Å².